The lowest BCUT2D eigenvalue weighted by atomic mass is 9.89. The van der Waals surface area contributed by atoms with Gasteiger partial charge in [0.1, 0.15) is 5.82 Å². The van der Waals surface area contributed by atoms with Gasteiger partial charge in [-0.15, -0.1) is 0 Å². The smallest absolute Gasteiger partial charge is 0.220 e. The van der Waals surface area contributed by atoms with Gasteiger partial charge in [0.25, 0.3) is 0 Å². The minimum absolute atomic E-state index is 0.0949. The van der Waals surface area contributed by atoms with Crippen LogP contribution in [-0.4, -0.2) is 18.0 Å². The van der Waals surface area contributed by atoms with Crippen molar-refractivity contribution in [1.82, 2.24) is 10.6 Å². The number of benzene rings is 1. The molecule has 2 atom stereocenters. The van der Waals surface area contributed by atoms with Crippen LogP contribution in [0.3, 0.4) is 0 Å². The Labute approximate surface area is 132 Å². The summed E-state index contributed by atoms with van der Waals surface area (Å²) in [4.78, 5) is 12.1. The van der Waals surface area contributed by atoms with Crippen LogP contribution in [0, 0.1) is 11.7 Å². The highest BCUT2D eigenvalue weighted by Gasteiger charge is 2.34. The zero-order valence-corrected chi connectivity index (χ0v) is 13.5. The van der Waals surface area contributed by atoms with Crippen LogP contribution in [0.5, 0.6) is 0 Å². The number of carbonyl (C=O) groups excluding carboxylic acids is 1. The molecule has 5 heteroatoms. The van der Waals surface area contributed by atoms with E-state index in [0.717, 1.165) is 18.4 Å². The number of rotatable bonds is 4. The van der Waals surface area contributed by atoms with Gasteiger partial charge in [-0.05, 0) is 49.3 Å². The molecule has 0 aliphatic carbocycles. The van der Waals surface area contributed by atoms with E-state index in [1.165, 1.54) is 25.0 Å². The minimum atomic E-state index is -0.276. The zero-order chi connectivity index (χ0) is 14.8. The molecular weight excluding hydrogens is 335 g/mol. The maximum Gasteiger partial charge on any atom is 0.220 e. The molecule has 2 saturated heterocycles. The Kier molecular flexibility index (Phi) is 4.60. The molecule has 0 radical (unpaired) electrons. The van der Waals surface area contributed by atoms with Crippen molar-refractivity contribution in [3.8, 4) is 0 Å². The van der Waals surface area contributed by atoms with Crippen LogP contribution in [0.4, 0.5) is 4.39 Å². The van der Waals surface area contributed by atoms with Crippen LogP contribution in [0.1, 0.15) is 37.7 Å². The highest BCUT2D eigenvalue weighted by Crippen LogP contribution is 2.32. The maximum absolute atomic E-state index is 13.0. The second-order valence-electron chi connectivity index (χ2n) is 6.19. The fourth-order valence-corrected chi connectivity index (χ4v) is 4.03. The summed E-state index contributed by atoms with van der Waals surface area (Å²) in [5.41, 5.74) is 0.898. The Bertz CT molecular complexity index is 525. The third-order valence-corrected chi connectivity index (χ3v) is 5.27. The molecule has 0 aromatic heterocycles. The Balaban J connectivity index is 1.48. The molecule has 2 unspecified atom stereocenters. The standard InChI is InChI=1S/C16H20BrFN2O/c17-15-8-12(18)2-1-11(15)9-19-16(21)7-10-5-13-3-4-14(6-10)20-13/h1-2,8,10,13-14,20H,3-7,9H2,(H,19,21). The molecule has 2 bridgehead atoms. The number of amides is 1. The van der Waals surface area contributed by atoms with Crippen molar-refractivity contribution < 1.29 is 9.18 Å². The lowest BCUT2D eigenvalue weighted by Crippen LogP contribution is -2.39. The van der Waals surface area contributed by atoms with Gasteiger partial charge in [0.05, 0.1) is 0 Å². The van der Waals surface area contributed by atoms with Gasteiger partial charge >= 0.3 is 0 Å². The predicted molar refractivity (Wildman–Crippen MR) is 83.2 cm³/mol. The first-order valence-electron chi connectivity index (χ1n) is 7.57. The summed E-state index contributed by atoms with van der Waals surface area (Å²) < 4.78 is 13.7. The van der Waals surface area contributed by atoms with Crippen molar-refractivity contribution in [1.29, 1.82) is 0 Å². The van der Waals surface area contributed by atoms with Gasteiger partial charge in [-0.2, -0.15) is 0 Å². The maximum atomic E-state index is 13.0. The van der Waals surface area contributed by atoms with Crippen LogP contribution < -0.4 is 10.6 Å². The summed E-state index contributed by atoms with van der Waals surface area (Å²) in [5, 5.41) is 6.54. The molecule has 1 amide bonds. The topological polar surface area (TPSA) is 41.1 Å². The Morgan fingerprint density at radius 2 is 2.05 bits per heavy atom. The lowest BCUT2D eigenvalue weighted by molar-refractivity contribution is -0.122. The molecule has 114 valence electrons. The zero-order valence-electron chi connectivity index (χ0n) is 11.9. The molecule has 2 N–H and O–H groups in total. The van der Waals surface area contributed by atoms with E-state index in [9.17, 15) is 9.18 Å². The summed E-state index contributed by atoms with van der Waals surface area (Å²) >= 11 is 3.32. The lowest BCUT2D eigenvalue weighted by Gasteiger charge is -2.28. The number of hydrogen-bond acceptors (Lipinski definition) is 2. The van der Waals surface area contributed by atoms with Gasteiger partial charge in [-0.25, -0.2) is 4.39 Å². The van der Waals surface area contributed by atoms with Crippen molar-refractivity contribution in [3.63, 3.8) is 0 Å². The number of hydrogen-bond donors (Lipinski definition) is 2. The van der Waals surface area contributed by atoms with Crippen molar-refractivity contribution in [2.45, 2.75) is 50.7 Å². The number of piperidine rings is 1. The molecule has 0 spiro atoms. The van der Waals surface area contributed by atoms with E-state index in [1.54, 1.807) is 6.07 Å². The van der Waals surface area contributed by atoms with Crippen LogP contribution >= 0.6 is 15.9 Å². The Morgan fingerprint density at radius 3 is 2.71 bits per heavy atom. The molecule has 3 rings (SSSR count). The van der Waals surface area contributed by atoms with Gasteiger partial charge in [-0.3, -0.25) is 4.79 Å². The monoisotopic (exact) mass is 354 g/mol. The molecular formula is C16H20BrFN2O. The van der Waals surface area contributed by atoms with Gasteiger partial charge < -0.3 is 10.6 Å². The van der Waals surface area contributed by atoms with E-state index in [4.69, 9.17) is 0 Å². The normalized spacial score (nSPS) is 27.6. The summed E-state index contributed by atoms with van der Waals surface area (Å²) in [6.45, 7) is 0.442. The highest BCUT2D eigenvalue weighted by molar-refractivity contribution is 9.10. The fraction of sp³-hybridized carbons (Fsp3) is 0.562. The molecule has 2 heterocycles. The number of carbonyl (C=O) groups is 1. The minimum Gasteiger partial charge on any atom is -0.352 e. The van der Waals surface area contributed by atoms with Crippen LogP contribution in [0.15, 0.2) is 22.7 Å². The average molecular weight is 355 g/mol. The average Bonchev–Trinajstić information content (AvgIpc) is 2.77. The quantitative estimate of drug-likeness (QED) is 0.871. The van der Waals surface area contributed by atoms with Crippen molar-refractivity contribution in [2.24, 2.45) is 5.92 Å². The molecule has 1 aromatic carbocycles. The SMILES string of the molecule is O=C(CC1CC2CCC(C1)N2)NCc1ccc(F)cc1Br. The van der Waals surface area contributed by atoms with Crippen molar-refractivity contribution in [2.75, 3.05) is 0 Å². The summed E-state index contributed by atoms with van der Waals surface area (Å²) in [7, 11) is 0. The van der Waals surface area contributed by atoms with Gasteiger partial charge in [0.2, 0.25) is 5.91 Å². The predicted octanol–water partition coefficient (Wildman–Crippen LogP) is 3.13. The molecule has 2 aliphatic heterocycles. The highest BCUT2D eigenvalue weighted by atomic mass is 79.9. The third-order valence-electron chi connectivity index (χ3n) is 4.54. The third kappa shape index (κ3) is 3.83. The molecule has 2 aliphatic rings. The molecule has 1 aromatic rings. The van der Waals surface area contributed by atoms with E-state index >= 15 is 0 Å². The first kappa shape index (κ1) is 15.0. The van der Waals surface area contributed by atoms with Crippen LogP contribution in [0.2, 0.25) is 0 Å². The fourth-order valence-electron chi connectivity index (χ4n) is 3.53. The van der Waals surface area contributed by atoms with Crippen LogP contribution in [-0.2, 0) is 11.3 Å². The summed E-state index contributed by atoms with van der Waals surface area (Å²) in [6.07, 6.45) is 5.35. The first-order chi connectivity index (χ1) is 10.1. The van der Waals surface area contributed by atoms with E-state index in [-0.39, 0.29) is 11.7 Å². The van der Waals surface area contributed by atoms with E-state index in [2.05, 4.69) is 26.6 Å². The van der Waals surface area contributed by atoms with Gasteiger partial charge in [0.15, 0.2) is 0 Å². The summed E-state index contributed by atoms with van der Waals surface area (Å²) in [6, 6.07) is 5.77. The molecule has 2 fully saturated rings. The molecule has 0 saturated carbocycles. The van der Waals surface area contributed by atoms with E-state index < -0.39 is 0 Å². The van der Waals surface area contributed by atoms with Crippen LogP contribution in [0.25, 0.3) is 0 Å². The Morgan fingerprint density at radius 1 is 1.33 bits per heavy atom. The van der Waals surface area contributed by atoms with Crippen molar-refractivity contribution in [3.05, 3.63) is 34.1 Å². The molecule has 21 heavy (non-hydrogen) atoms. The van der Waals surface area contributed by atoms with Gasteiger partial charge in [0, 0.05) is 29.5 Å². The van der Waals surface area contributed by atoms with E-state index in [0.29, 0.717) is 35.4 Å². The summed E-state index contributed by atoms with van der Waals surface area (Å²) in [5.74, 6) is 0.320. The Hall–Kier alpha value is -0.940. The van der Waals surface area contributed by atoms with Crippen molar-refractivity contribution >= 4 is 21.8 Å². The number of nitrogens with one attached hydrogen (secondary N) is 2. The first-order valence-corrected chi connectivity index (χ1v) is 8.36. The largest absolute Gasteiger partial charge is 0.352 e. The second-order valence-corrected chi connectivity index (χ2v) is 7.05. The number of fused-ring (bicyclic) bond motifs is 2. The second kappa shape index (κ2) is 6.44. The van der Waals surface area contributed by atoms with E-state index in [1.807, 2.05) is 0 Å². The molecule has 3 nitrogen and oxygen atoms in total. The van der Waals surface area contributed by atoms with Gasteiger partial charge in [-0.1, -0.05) is 22.0 Å². The number of halogens is 2.